The summed E-state index contributed by atoms with van der Waals surface area (Å²) < 4.78 is 2.33. The van der Waals surface area contributed by atoms with Crippen LogP contribution in [0.4, 0.5) is 0 Å². The first-order valence-electron chi connectivity index (χ1n) is 5.61. The van der Waals surface area contributed by atoms with Crippen LogP contribution in [0.5, 0.6) is 0 Å². The fourth-order valence-electron chi connectivity index (χ4n) is 1.73. The summed E-state index contributed by atoms with van der Waals surface area (Å²) in [4.78, 5) is 4.57. The zero-order chi connectivity index (χ0) is 12.4. The molecule has 88 valence electrons. The van der Waals surface area contributed by atoms with Crippen LogP contribution in [0.1, 0.15) is 10.6 Å². The number of hydrogen-bond acceptors (Lipinski definition) is 2. The molecular weight excluding hydrogens is 306 g/mol. The number of aromatic nitrogens is 1. The van der Waals surface area contributed by atoms with E-state index in [1.807, 2.05) is 36.4 Å². The minimum atomic E-state index is 1.03. The second-order valence-corrected chi connectivity index (χ2v) is 5.79. The molecule has 0 aliphatic carbocycles. The minimum Gasteiger partial charge on any atom is -0.237 e. The summed E-state index contributed by atoms with van der Waals surface area (Å²) in [6, 6.07) is 16.4. The Morgan fingerprint density at radius 2 is 1.72 bits per heavy atom. The predicted molar refractivity (Wildman–Crippen MR) is 82.7 cm³/mol. The van der Waals surface area contributed by atoms with Crippen molar-refractivity contribution < 1.29 is 0 Å². The highest BCUT2D eigenvalue weighted by Gasteiger charge is 1.99. The Morgan fingerprint density at radius 3 is 2.56 bits per heavy atom. The molecule has 1 heterocycles. The van der Waals surface area contributed by atoms with Gasteiger partial charge in [0.15, 0.2) is 0 Å². The van der Waals surface area contributed by atoms with Crippen molar-refractivity contribution in [2.45, 2.75) is 0 Å². The molecule has 1 aromatic heterocycles. The highest BCUT2D eigenvalue weighted by molar-refractivity contribution is 9.10. The maximum atomic E-state index is 4.57. The van der Waals surface area contributed by atoms with Gasteiger partial charge in [-0.15, -0.1) is 11.3 Å². The van der Waals surface area contributed by atoms with Crippen LogP contribution in [0.15, 0.2) is 53.0 Å². The van der Waals surface area contributed by atoms with Gasteiger partial charge in [0, 0.05) is 4.47 Å². The lowest BCUT2D eigenvalue weighted by Gasteiger charge is -1.95. The molecular formula is C15H10BrNS. The number of fused-ring (bicyclic) bond motifs is 1. The van der Waals surface area contributed by atoms with Gasteiger partial charge in [0.2, 0.25) is 0 Å². The van der Waals surface area contributed by atoms with Crippen LogP contribution >= 0.6 is 27.3 Å². The van der Waals surface area contributed by atoms with Crippen molar-refractivity contribution in [2.75, 3.05) is 0 Å². The van der Waals surface area contributed by atoms with Crippen molar-refractivity contribution in [1.82, 2.24) is 4.98 Å². The Labute approximate surface area is 118 Å². The van der Waals surface area contributed by atoms with Crippen LogP contribution < -0.4 is 0 Å². The van der Waals surface area contributed by atoms with E-state index in [2.05, 4.69) is 45.2 Å². The fraction of sp³-hybridized carbons (Fsp3) is 0. The van der Waals surface area contributed by atoms with Gasteiger partial charge in [0.05, 0.1) is 10.2 Å². The molecule has 0 spiro atoms. The van der Waals surface area contributed by atoms with Gasteiger partial charge in [0.1, 0.15) is 5.01 Å². The highest BCUT2D eigenvalue weighted by Crippen LogP contribution is 2.24. The van der Waals surface area contributed by atoms with Crippen LogP contribution in [0.25, 0.3) is 22.4 Å². The molecule has 0 saturated carbocycles. The standard InChI is InChI=1S/C15H10BrNS/c16-12-6-2-1-5-11(12)9-10-15-17-13-7-3-4-8-14(13)18-15/h1-10H/b10-9+. The maximum absolute atomic E-state index is 4.57. The SMILES string of the molecule is Brc1ccccc1/C=C/c1nc2ccccc2s1. The fourth-order valence-corrected chi connectivity index (χ4v) is 3.02. The second-order valence-electron chi connectivity index (χ2n) is 3.87. The Kier molecular flexibility index (Phi) is 3.26. The van der Waals surface area contributed by atoms with E-state index >= 15 is 0 Å². The van der Waals surface area contributed by atoms with Crippen molar-refractivity contribution in [3.8, 4) is 0 Å². The first-order chi connectivity index (χ1) is 8.83. The predicted octanol–water partition coefficient (Wildman–Crippen LogP) is 5.23. The van der Waals surface area contributed by atoms with Gasteiger partial charge in [-0.25, -0.2) is 4.98 Å². The van der Waals surface area contributed by atoms with Gasteiger partial charge in [-0.3, -0.25) is 0 Å². The smallest absolute Gasteiger partial charge is 0.117 e. The summed E-state index contributed by atoms with van der Waals surface area (Å²) in [5, 5.41) is 1.03. The van der Waals surface area contributed by atoms with Crippen molar-refractivity contribution in [3.05, 3.63) is 63.6 Å². The first-order valence-corrected chi connectivity index (χ1v) is 7.22. The van der Waals surface area contributed by atoms with Crippen LogP contribution in [0.2, 0.25) is 0 Å². The summed E-state index contributed by atoms with van der Waals surface area (Å²) in [5.41, 5.74) is 2.23. The van der Waals surface area contributed by atoms with E-state index in [0.29, 0.717) is 0 Å². The third kappa shape index (κ3) is 2.37. The Bertz CT molecular complexity index is 682. The van der Waals surface area contributed by atoms with E-state index in [1.54, 1.807) is 11.3 Å². The lowest BCUT2D eigenvalue weighted by Crippen LogP contribution is -1.73. The molecule has 3 aromatic rings. The van der Waals surface area contributed by atoms with Gasteiger partial charge < -0.3 is 0 Å². The van der Waals surface area contributed by atoms with E-state index in [9.17, 15) is 0 Å². The zero-order valence-corrected chi connectivity index (χ0v) is 11.9. The summed E-state index contributed by atoms with van der Waals surface area (Å²) >= 11 is 5.25. The molecule has 0 amide bonds. The lowest BCUT2D eigenvalue weighted by molar-refractivity contribution is 1.46. The van der Waals surface area contributed by atoms with Crippen LogP contribution in [-0.2, 0) is 0 Å². The molecule has 1 nitrogen and oxygen atoms in total. The summed E-state index contributed by atoms with van der Waals surface area (Å²) in [6.45, 7) is 0. The van der Waals surface area contributed by atoms with E-state index in [-0.39, 0.29) is 0 Å². The number of rotatable bonds is 2. The van der Waals surface area contributed by atoms with Gasteiger partial charge in [-0.1, -0.05) is 52.3 Å². The molecule has 0 aliphatic rings. The third-order valence-electron chi connectivity index (χ3n) is 2.62. The third-order valence-corrected chi connectivity index (χ3v) is 4.34. The maximum Gasteiger partial charge on any atom is 0.117 e. The van der Waals surface area contributed by atoms with Gasteiger partial charge in [0.25, 0.3) is 0 Å². The molecule has 0 atom stereocenters. The lowest BCUT2D eigenvalue weighted by atomic mass is 10.2. The Balaban J connectivity index is 1.95. The molecule has 0 radical (unpaired) electrons. The van der Waals surface area contributed by atoms with Crippen molar-refractivity contribution >= 4 is 49.6 Å². The quantitative estimate of drug-likeness (QED) is 0.631. The molecule has 0 saturated heterocycles. The van der Waals surface area contributed by atoms with Crippen molar-refractivity contribution in [3.63, 3.8) is 0 Å². The zero-order valence-electron chi connectivity index (χ0n) is 9.51. The monoisotopic (exact) mass is 315 g/mol. The summed E-state index contributed by atoms with van der Waals surface area (Å²) in [5.74, 6) is 0. The van der Waals surface area contributed by atoms with Crippen molar-refractivity contribution in [1.29, 1.82) is 0 Å². The van der Waals surface area contributed by atoms with Crippen molar-refractivity contribution in [2.24, 2.45) is 0 Å². The molecule has 0 fully saturated rings. The summed E-state index contributed by atoms with van der Waals surface area (Å²) in [7, 11) is 0. The van der Waals surface area contributed by atoms with E-state index in [4.69, 9.17) is 0 Å². The largest absolute Gasteiger partial charge is 0.237 e. The normalized spacial score (nSPS) is 11.4. The van der Waals surface area contributed by atoms with Gasteiger partial charge in [-0.05, 0) is 29.8 Å². The molecule has 18 heavy (non-hydrogen) atoms. The van der Waals surface area contributed by atoms with Crippen LogP contribution in [-0.4, -0.2) is 4.98 Å². The summed E-state index contributed by atoms with van der Waals surface area (Å²) in [6.07, 6.45) is 4.15. The second kappa shape index (κ2) is 5.04. The number of hydrogen-bond donors (Lipinski definition) is 0. The number of benzene rings is 2. The molecule has 0 unspecified atom stereocenters. The first kappa shape index (κ1) is 11.6. The highest BCUT2D eigenvalue weighted by atomic mass is 79.9. The van der Waals surface area contributed by atoms with E-state index in [1.165, 1.54) is 4.70 Å². The number of halogens is 1. The molecule has 3 heteroatoms. The number of para-hydroxylation sites is 1. The molecule has 0 aliphatic heterocycles. The molecule has 3 rings (SSSR count). The number of nitrogens with zero attached hydrogens (tertiary/aromatic N) is 1. The average Bonchev–Trinajstić information content (AvgIpc) is 2.80. The van der Waals surface area contributed by atoms with E-state index in [0.717, 1.165) is 20.6 Å². The average molecular weight is 316 g/mol. The van der Waals surface area contributed by atoms with E-state index < -0.39 is 0 Å². The molecule has 0 N–H and O–H groups in total. The molecule has 2 aromatic carbocycles. The Hall–Kier alpha value is -1.45. The minimum absolute atomic E-state index is 1.03. The van der Waals surface area contributed by atoms with Gasteiger partial charge >= 0.3 is 0 Å². The van der Waals surface area contributed by atoms with Crippen LogP contribution in [0.3, 0.4) is 0 Å². The Morgan fingerprint density at radius 1 is 0.944 bits per heavy atom. The topological polar surface area (TPSA) is 12.9 Å². The number of thiazole rings is 1. The van der Waals surface area contributed by atoms with Gasteiger partial charge in [-0.2, -0.15) is 0 Å². The van der Waals surface area contributed by atoms with Crippen LogP contribution in [0, 0.1) is 0 Å². The molecule has 0 bridgehead atoms.